The number of nitrogens with zero attached hydrogens (tertiary/aromatic N) is 4. The van der Waals surface area contributed by atoms with Crippen LogP contribution >= 0.6 is 0 Å². The van der Waals surface area contributed by atoms with Crippen molar-refractivity contribution in [2.24, 2.45) is 0 Å². The minimum atomic E-state index is -0.263. The first-order valence-electron chi connectivity index (χ1n) is 11.3. The van der Waals surface area contributed by atoms with E-state index in [1.807, 2.05) is 0 Å². The second-order valence-electron chi connectivity index (χ2n) is 8.55. The number of fused-ring (bicyclic) bond motifs is 3. The van der Waals surface area contributed by atoms with E-state index < -0.39 is 0 Å². The summed E-state index contributed by atoms with van der Waals surface area (Å²) in [5.74, 6) is 1.30. The first-order chi connectivity index (χ1) is 16.2. The van der Waals surface area contributed by atoms with E-state index in [9.17, 15) is 4.39 Å². The molecule has 2 aliphatic rings. The van der Waals surface area contributed by atoms with E-state index in [1.165, 1.54) is 30.0 Å². The minimum Gasteiger partial charge on any atom is -0.493 e. The summed E-state index contributed by atoms with van der Waals surface area (Å²) in [6.07, 6.45) is 8.82. The zero-order valence-corrected chi connectivity index (χ0v) is 18.1. The third kappa shape index (κ3) is 3.39. The molecule has 3 heterocycles. The van der Waals surface area contributed by atoms with Gasteiger partial charge in [0, 0.05) is 36.5 Å². The number of imidazole rings is 1. The highest BCUT2D eigenvalue weighted by atomic mass is 19.1. The number of benzene rings is 2. The van der Waals surface area contributed by atoms with Gasteiger partial charge in [0.25, 0.3) is 5.82 Å². The molecule has 0 atom stereocenters. The van der Waals surface area contributed by atoms with Gasteiger partial charge in [-0.05, 0) is 54.5 Å². The molecule has 2 aromatic heterocycles. The van der Waals surface area contributed by atoms with E-state index in [1.54, 1.807) is 22.9 Å². The maximum atomic E-state index is 14.6. The van der Waals surface area contributed by atoms with Gasteiger partial charge in [0.1, 0.15) is 11.6 Å². The molecule has 1 N–H and O–H groups in total. The van der Waals surface area contributed by atoms with Crippen LogP contribution in [0.1, 0.15) is 35.1 Å². The van der Waals surface area contributed by atoms with Gasteiger partial charge in [-0.15, -0.1) is 0 Å². The molecule has 0 saturated heterocycles. The largest absolute Gasteiger partial charge is 0.493 e. The van der Waals surface area contributed by atoms with Gasteiger partial charge in [-0.25, -0.2) is 9.37 Å². The van der Waals surface area contributed by atoms with E-state index in [2.05, 4.69) is 38.3 Å². The second kappa shape index (κ2) is 7.89. The van der Waals surface area contributed by atoms with Gasteiger partial charge in [-0.2, -0.15) is 0 Å². The second-order valence-corrected chi connectivity index (χ2v) is 8.55. The summed E-state index contributed by atoms with van der Waals surface area (Å²) in [5.41, 5.74) is 6.87. The van der Waals surface area contributed by atoms with Gasteiger partial charge in [0.05, 0.1) is 12.2 Å². The smallest absolute Gasteiger partial charge is 0.288 e. The maximum Gasteiger partial charge on any atom is 0.288 e. The van der Waals surface area contributed by atoms with Gasteiger partial charge in [0.15, 0.2) is 0 Å². The van der Waals surface area contributed by atoms with Gasteiger partial charge in [-0.1, -0.05) is 29.8 Å². The van der Waals surface area contributed by atoms with Crippen LogP contribution in [-0.4, -0.2) is 21.0 Å². The summed E-state index contributed by atoms with van der Waals surface area (Å²) in [5, 5.41) is 3.25. The molecule has 0 spiro atoms. The molecule has 6 rings (SSSR count). The van der Waals surface area contributed by atoms with Crippen LogP contribution in [0.25, 0.3) is 21.6 Å². The molecule has 7 heteroatoms. The van der Waals surface area contributed by atoms with Gasteiger partial charge in [0.2, 0.25) is 11.6 Å². The van der Waals surface area contributed by atoms with Crippen LogP contribution in [0.3, 0.4) is 0 Å². The first kappa shape index (κ1) is 19.7. The Labute approximate surface area is 190 Å². The highest BCUT2D eigenvalue weighted by Crippen LogP contribution is 2.33. The molecule has 4 aromatic rings. The van der Waals surface area contributed by atoms with Gasteiger partial charge < -0.3 is 14.9 Å². The normalized spacial score (nSPS) is 14.4. The van der Waals surface area contributed by atoms with Crippen molar-refractivity contribution in [3.8, 4) is 16.9 Å². The lowest BCUT2D eigenvalue weighted by molar-refractivity contribution is 0.356. The first-order valence-corrected chi connectivity index (χ1v) is 11.3. The molecule has 0 saturated carbocycles. The Kier molecular flexibility index (Phi) is 4.72. The fourth-order valence-electron chi connectivity index (χ4n) is 4.93. The third-order valence-corrected chi connectivity index (χ3v) is 6.62. The van der Waals surface area contributed by atoms with Crippen LogP contribution in [0.5, 0.6) is 5.75 Å². The van der Waals surface area contributed by atoms with Gasteiger partial charge >= 0.3 is 0 Å². The Morgan fingerprint density at radius 1 is 1.12 bits per heavy atom. The molecule has 6 nitrogen and oxygen atoms in total. The number of hydrogen-bond donors (Lipinski definition) is 1. The summed E-state index contributed by atoms with van der Waals surface area (Å²) in [7, 11) is 0. The van der Waals surface area contributed by atoms with E-state index in [-0.39, 0.29) is 12.4 Å². The fourth-order valence-corrected chi connectivity index (χ4v) is 4.93. The molecule has 164 valence electrons. The lowest BCUT2D eigenvalue weighted by Gasteiger charge is -2.17. The Bertz CT molecular complexity index is 1440. The molecule has 1 aliphatic heterocycles. The van der Waals surface area contributed by atoms with E-state index >= 15 is 0 Å². The average molecular weight is 439 g/mol. The number of halogens is 1. The lowest BCUT2D eigenvalue weighted by Crippen LogP contribution is -2.10. The fraction of sp³-hybridized carbons (Fsp3) is 0.269. The number of ether oxygens (including phenoxy) is 1. The van der Waals surface area contributed by atoms with Crippen LogP contribution in [0, 0.1) is 12.4 Å². The SMILES string of the molecule is [C-]#[N+]c1cn2c(NCc3c(F)ccc4c3CCO4)ncc(-c3ccc4c(c3)CCCC4)c2n1. The molecule has 0 fully saturated rings. The highest BCUT2D eigenvalue weighted by Gasteiger charge is 2.21. The molecule has 2 aromatic carbocycles. The highest BCUT2D eigenvalue weighted by molar-refractivity contribution is 5.80. The number of nitrogens with one attached hydrogen (secondary N) is 1. The standard InChI is InChI=1S/C26H22FN5O/c1-28-24-15-32-25(31-24)20(18-7-6-16-4-2-3-5-17(16)12-18)13-29-26(32)30-14-21-19-10-11-33-23(19)9-8-22(21)27/h6-9,12-13,15H,2-5,10-11,14H2,(H,29,30). The molecular weight excluding hydrogens is 417 g/mol. The van der Waals surface area contributed by atoms with Gasteiger partial charge in [-0.3, -0.25) is 4.40 Å². The molecule has 0 unspecified atom stereocenters. The van der Waals surface area contributed by atoms with Crippen LogP contribution in [0.2, 0.25) is 0 Å². The topological polar surface area (TPSA) is 55.8 Å². The van der Waals surface area contributed by atoms with Crippen molar-refractivity contribution in [2.75, 3.05) is 11.9 Å². The number of aryl methyl sites for hydroxylation is 2. The number of hydrogen-bond acceptors (Lipinski definition) is 4. The van der Waals surface area contributed by atoms with Crippen molar-refractivity contribution in [1.29, 1.82) is 0 Å². The summed E-state index contributed by atoms with van der Waals surface area (Å²) in [6.45, 7) is 8.28. The van der Waals surface area contributed by atoms with Crippen molar-refractivity contribution >= 4 is 17.4 Å². The summed E-state index contributed by atoms with van der Waals surface area (Å²) >= 11 is 0. The number of anilines is 1. The van der Waals surface area contributed by atoms with Crippen molar-refractivity contribution in [1.82, 2.24) is 14.4 Å². The Morgan fingerprint density at radius 2 is 2.00 bits per heavy atom. The zero-order valence-electron chi connectivity index (χ0n) is 18.1. The van der Waals surface area contributed by atoms with Crippen molar-refractivity contribution in [3.05, 3.63) is 82.2 Å². The summed E-state index contributed by atoms with van der Waals surface area (Å²) < 4.78 is 21.9. The minimum absolute atomic E-state index is 0.263. The van der Waals surface area contributed by atoms with Crippen molar-refractivity contribution in [3.63, 3.8) is 0 Å². The predicted octanol–water partition coefficient (Wildman–Crippen LogP) is 5.51. The number of rotatable bonds is 4. The van der Waals surface area contributed by atoms with Crippen LogP contribution in [0.4, 0.5) is 16.2 Å². The van der Waals surface area contributed by atoms with Crippen molar-refractivity contribution in [2.45, 2.75) is 38.6 Å². The molecule has 0 radical (unpaired) electrons. The Morgan fingerprint density at radius 3 is 2.88 bits per heavy atom. The van der Waals surface area contributed by atoms with E-state index in [4.69, 9.17) is 11.3 Å². The van der Waals surface area contributed by atoms with Crippen LogP contribution < -0.4 is 10.1 Å². The molecule has 33 heavy (non-hydrogen) atoms. The van der Waals surface area contributed by atoms with Crippen LogP contribution in [0.15, 0.2) is 42.7 Å². The Hall–Kier alpha value is -3.92. The zero-order chi connectivity index (χ0) is 22.4. The van der Waals surface area contributed by atoms with Crippen LogP contribution in [-0.2, 0) is 25.8 Å². The monoisotopic (exact) mass is 439 g/mol. The average Bonchev–Trinajstić information content (AvgIpc) is 3.50. The molecule has 1 aliphatic carbocycles. The Balaban J connectivity index is 1.39. The molecular formula is C26H22FN5O. The van der Waals surface area contributed by atoms with E-state index in [0.29, 0.717) is 36.0 Å². The molecule has 0 amide bonds. The third-order valence-electron chi connectivity index (χ3n) is 6.62. The molecule has 0 bridgehead atoms. The quantitative estimate of drug-likeness (QED) is 0.426. The lowest BCUT2D eigenvalue weighted by atomic mass is 9.89. The summed E-state index contributed by atoms with van der Waals surface area (Å²) in [6, 6.07) is 9.67. The summed E-state index contributed by atoms with van der Waals surface area (Å²) in [4.78, 5) is 12.7. The van der Waals surface area contributed by atoms with E-state index in [0.717, 1.165) is 35.3 Å². The predicted molar refractivity (Wildman–Crippen MR) is 124 cm³/mol. The number of aromatic nitrogens is 3. The van der Waals surface area contributed by atoms with Crippen molar-refractivity contribution < 1.29 is 9.13 Å². The maximum absolute atomic E-state index is 14.6.